The van der Waals surface area contributed by atoms with Crippen LogP contribution in [0.5, 0.6) is 0 Å². The number of ether oxygens (including phenoxy) is 1. The standard InChI is InChI=1S/C15H19N3O/c1-15(6-2-8-19-10-15)18-13-4-3-11-9-17-7-5-12(11)14(13)16/h3-5,7,9,18H,2,6,8,10,16H2,1H3. The maximum Gasteiger partial charge on any atom is 0.0693 e. The van der Waals surface area contributed by atoms with Gasteiger partial charge < -0.3 is 15.8 Å². The molecule has 0 bridgehead atoms. The molecule has 2 heterocycles. The fourth-order valence-corrected chi connectivity index (χ4v) is 2.66. The van der Waals surface area contributed by atoms with Gasteiger partial charge in [-0.05, 0) is 31.9 Å². The Morgan fingerprint density at radius 2 is 2.26 bits per heavy atom. The first-order valence-electron chi connectivity index (χ1n) is 6.66. The van der Waals surface area contributed by atoms with Crippen LogP contribution in [0, 0.1) is 0 Å². The number of nitrogens with one attached hydrogen (secondary N) is 1. The third kappa shape index (κ3) is 2.36. The molecule has 2 aromatic rings. The molecule has 0 amide bonds. The van der Waals surface area contributed by atoms with Crippen LogP contribution in [-0.2, 0) is 4.74 Å². The van der Waals surface area contributed by atoms with E-state index in [1.165, 1.54) is 0 Å². The van der Waals surface area contributed by atoms with Crippen LogP contribution in [0.4, 0.5) is 11.4 Å². The molecule has 1 unspecified atom stereocenters. The van der Waals surface area contributed by atoms with E-state index in [1.54, 1.807) is 6.20 Å². The number of pyridine rings is 1. The second-order valence-electron chi connectivity index (χ2n) is 5.47. The minimum atomic E-state index is -0.0346. The highest BCUT2D eigenvalue weighted by atomic mass is 16.5. The zero-order valence-corrected chi connectivity index (χ0v) is 11.1. The van der Waals surface area contributed by atoms with Gasteiger partial charge in [0.25, 0.3) is 0 Å². The lowest BCUT2D eigenvalue weighted by atomic mass is 9.94. The molecule has 3 N–H and O–H groups in total. The third-order valence-electron chi connectivity index (χ3n) is 3.74. The van der Waals surface area contributed by atoms with Crippen LogP contribution in [0.1, 0.15) is 19.8 Å². The summed E-state index contributed by atoms with van der Waals surface area (Å²) < 4.78 is 5.57. The Hall–Kier alpha value is -1.81. The average molecular weight is 257 g/mol. The molecular formula is C15H19N3O. The third-order valence-corrected chi connectivity index (χ3v) is 3.74. The molecule has 1 aromatic carbocycles. The Balaban J connectivity index is 1.94. The zero-order valence-electron chi connectivity index (χ0n) is 11.1. The fourth-order valence-electron chi connectivity index (χ4n) is 2.66. The van der Waals surface area contributed by atoms with Crippen LogP contribution < -0.4 is 11.1 Å². The number of rotatable bonds is 2. The van der Waals surface area contributed by atoms with Crippen LogP contribution in [0.15, 0.2) is 30.6 Å². The van der Waals surface area contributed by atoms with E-state index < -0.39 is 0 Å². The number of hydrogen-bond donors (Lipinski definition) is 2. The lowest BCUT2D eigenvalue weighted by molar-refractivity contribution is 0.0541. The Morgan fingerprint density at radius 1 is 1.37 bits per heavy atom. The van der Waals surface area contributed by atoms with Crippen LogP contribution in [0.2, 0.25) is 0 Å². The van der Waals surface area contributed by atoms with Crippen molar-refractivity contribution in [2.24, 2.45) is 0 Å². The molecule has 1 fully saturated rings. The van der Waals surface area contributed by atoms with E-state index in [2.05, 4.69) is 17.2 Å². The number of benzene rings is 1. The summed E-state index contributed by atoms with van der Waals surface area (Å²) in [5.74, 6) is 0. The predicted molar refractivity (Wildman–Crippen MR) is 78.2 cm³/mol. The molecule has 1 aliphatic rings. The van der Waals surface area contributed by atoms with Crippen molar-refractivity contribution >= 4 is 22.1 Å². The summed E-state index contributed by atoms with van der Waals surface area (Å²) in [6.45, 7) is 3.76. The quantitative estimate of drug-likeness (QED) is 0.812. The summed E-state index contributed by atoms with van der Waals surface area (Å²) in [6, 6.07) is 6.03. The number of fused-ring (bicyclic) bond motifs is 1. The Kier molecular flexibility index (Phi) is 3.03. The molecule has 0 aliphatic carbocycles. The van der Waals surface area contributed by atoms with Gasteiger partial charge in [0.05, 0.1) is 23.5 Å². The van der Waals surface area contributed by atoms with Gasteiger partial charge in [0.2, 0.25) is 0 Å². The topological polar surface area (TPSA) is 60.2 Å². The van der Waals surface area contributed by atoms with Gasteiger partial charge in [-0.2, -0.15) is 0 Å². The van der Waals surface area contributed by atoms with Crippen molar-refractivity contribution < 1.29 is 4.74 Å². The Labute approximate surface area is 113 Å². The summed E-state index contributed by atoms with van der Waals surface area (Å²) in [6.07, 6.45) is 5.79. The van der Waals surface area contributed by atoms with Crippen molar-refractivity contribution in [2.45, 2.75) is 25.3 Å². The lowest BCUT2D eigenvalue weighted by Gasteiger charge is -2.35. The first kappa shape index (κ1) is 12.2. The van der Waals surface area contributed by atoms with E-state index in [1.807, 2.05) is 24.4 Å². The summed E-state index contributed by atoms with van der Waals surface area (Å²) in [5, 5.41) is 5.65. The van der Waals surface area contributed by atoms with Crippen molar-refractivity contribution in [3.05, 3.63) is 30.6 Å². The van der Waals surface area contributed by atoms with Gasteiger partial charge >= 0.3 is 0 Å². The SMILES string of the molecule is CC1(Nc2ccc3cnccc3c2N)CCCOC1. The number of aromatic nitrogens is 1. The van der Waals surface area contributed by atoms with Crippen molar-refractivity contribution in [2.75, 3.05) is 24.3 Å². The molecule has 1 aliphatic heterocycles. The summed E-state index contributed by atoms with van der Waals surface area (Å²) in [5.41, 5.74) is 7.99. The molecule has 4 nitrogen and oxygen atoms in total. The summed E-state index contributed by atoms with van der Waals surface area (Å²) in [7, 11) is 0. The van der Waals surface area contributed by atoms with Crippen LogP contribution in [0.3, 0.4) is 0 Å². The highest BCUT2D eigenvalue weighted by Crippen LogP contribution is 2.32. The Bertz CT molecular complexity index is 591. The molecule has 1 saturated heterocycles. The molecule has 0 saturated carbocycles. The van der Waals surface area contributed by atoms with Crippen LogP contribution >= 0.6 is 0 Å². The number of hydrogen-bond acceptors (Lipinski definition) is 4. The maximum atomic E-state index is 6.26. The van der Waals surface area contributed by atoms with Gasteiger partial charge in [0.1, 0.15) is 0 Å². The summed E-state index contributed by atoms with van der Waals surface area (Å²) >= 11 is 0. The van der Waals surface area contributed by atoms with Gasteiger partial charge in [0, 0.05) is 29.8 Å². The number of nitrogen functional groups attached to an aromatic ring is 1. The van der Waals surface area contributed by atoms with Crippen molar-refractivity contribution in [1.29, 1.82) is 0 Å². The van der Waals surface area contributed by atoms with E-state index in [0.717, 1.165) is 48.2 Å². The van der Waals surface area contributed by atoms with Gasteiger partial charge in [-0.1, -0.05) is 6.07 Å². The smallest absolute Gasteiger partial charge is 0.0693 e. The molecule has 100 valence electrons. The number of nitrogens with zero attached hydrogens (tertiary/aromatic N) is 1. The molecular weight excluding hydrogens is 238 g/mol. The van der Waals surface area contributed by atoms with Gasteiger partial charge in [-0.3, -0.25) is 4.98 Å². The van der Waals surface area contributed by atoms with Gasteiger partial charge in [-0.25, -0.2) is 0 Å². The molecule has 4 heteroatoms. The monoisotopic (exact) mass is 257 g/mol. The lowest BCUT2D eigenvalue weighted by Crippen LogP contribution is -2.43. The second-order valence-corrected chi connectivity index (χ2v) is 5.47. The minimum absolute atomic E-state index is 0.0346. The van der Waals surface area contributed by atoms with Crippen molar-refractivity contribution in [3.8, 4) is 0 Å². The maximum absolute atomic E-state index is 6.26. The molecule has 1 atom stereocenters. The first-order valence-corrected chi connectivity index (χ1v) is 6.66. The van der Waals surface area contributed by atoms with Crippen LogP contribution in [-0.4, -0.2) is 23.7 Å². The van der Waals surface area contributed by atoms with E-state index in [9.17, 15) is 0 Å². The molecule has 0 radical (unpaired) electrons. The largest absolute Gasteiger partial charge is 0.397 e. The van der Waals surface area contributed by atoms with E-state index >= 15 is 0 Å². The number of nitrogens with two attached hydrogens (primary N) is 1. The first-order chi connectivity index (χ1) is 9.18. The van der Waals surface area contributed by atoms with Crippen molar-refractivity contribution in [1.82, 2.24) is 4.98 Å². The fraction of sp³-hybridized carbons (Fsp3) is 0.400. The molecule has 19 heavy (non-hydrogen) atoms. The van der Waals surface area contributed by atoms with Crippen molar-refractivity contribution in [3.63, 3.8) is 0 Å². The second kappa shape index (κ2) is 4.70. The predicted octanol–water partition coefficient (Wildman–Crippen LogP) is 2.80. The highest BCUT2D eigenvalue weighted by molar-refractivity contribution is 5.98. The Morgan fingerprint density at radius 3 is 3.05 bits per heavy atom. The highest BCUT2D eigenvalue weighted by Gasteiger charge is 2.27. The average Bonchev–Trinajstić information content (AvgIpc) is 2.43. The van der Waals surface area contributed by atoms with E-state index in [-0.39, 0.29) is 5.54 Å². The number of anilines is 2. The molecule has 3 rings (SSSR count). The molecule has 0 spiro atoms. The summed E-state index contributed by atoms with van der Waals surface area (Å²) in [4.78, 5) is 4.12. The van der Waals surface area contributed by atoms with E-state index in [0.29, 0.717) is 0 Å². The normalized spacial score (nSPS) is 23.4. The van der Waals surface area contributed by atoms with E-state index in [4.69, 9.17) is 10.5 Å². The minimum Gasteiger partial charge on any atom is -0.397 e. The molecule has 1 aromatic heterocycles. The van der Waals surface area contributed by atoms with Gasteiger partial charge in [0.15, 0.2) is 0 Å². The van der Waals surface area contributed by atoms with Gasteiger partial charge in [-0.15, -0.1) is 0 Å². The zero-order chi connectivity index (χ0) is 13.3. The van der Waals surface area contributed by atoms with Crippen LogP contribution in [0.25, 0.3) is 10.8 Å².